The van der Waals surface area contributed by atoms with Crippen LogP contribution in [0.4, 0.5) is 11.6 Å². The van der Waals surface area contributed by atoms with Gasteiger partial charge >= 0.3 is 0 Å². The highest BCUT2D eigenvalue weighted by atomic mass is 15.2. The van der Waals surface area contributed by atoms with Gasteiger partial charge in [-0.05, 0) is 54.3 Å². The third-order valence-electron chi connectivity index (χ3n) is 3.49. The minimum atomic E-state index is 0.834. The van der Waals surface area contributed by atoms with Gasteiger partial charge in [-0.2, -0.15) is 0 Å². The number of aryl methyl sites for hydroxylation is 1. The number of hydrogen-bond donors (Lipinski definition) is 1. The highest BCUT2D eigenvalue weighted by Gasteiger charge is 2.14. The van der Waals surface area contributed by atoms with Crippen LogP contribution in [0.25, 0.3) is 0 Å². The second-order valence-electron chi connectivity index (χ2n) is 5.73. The van der Waals surface area contributed by atoms with Crippen LogP contribution in [0.2, 0.25) is 0 Å². The van der Waals surface area contributed by atoms with E-state index in [2.05, 4.69) is 60.0 Å². The Morgan fingerprint density at radius 2 is 1.76 bits per heavy atom. The smallest absolute Gasteiger partial charge is 0.137 e. The zero-order valence-corrected chi connectivity index (χ0v) is 14.5. The van der Waals surface area contributed by atoms with E-state index >= 15 is 0 Å². The van der Waals surface area contributed by atoms with E-state index in [-0.39, 0.29) is 0 Å². The van der Waals surface area contributed by atoms with Crippen molar-refractivity contribution in [2.75, 3.05) is 50.5 Å². The molecular weight excluding hydrogens is 262 g/mol. The quantitative estimate of drug-likeness (QED) is 0.758. The van der Waals surface area contributed by atoms with Gasteiger partial charge < -0.3 is 15.1 Å². The van der Waals surface area contributed by atoms with E-state index in [4.69, 9.17) is 0 Å². The van der Waals surface area contributed by atoms with Gasteiger partial charge in [-0.3, -0.25) is 0 Å². The molecule has 5 heteroatoms. The van der Waals surface area contributed by atoms with Crippen LogP contribution in [-0.2, 0) is 0 Å². The Morgan fingerprint density at radius 3 is 2.33 bits per heavy atom. The molecule has 1 aromatic rings. The summed E-state index contributed by atoms with van der Waals surface area (Å²) in [5.74, 6) is 2.88. The van der Waals surface area contributed by atoms with Crippen LogP contribution in [0.15, 0.2) is 0 Å². The Morgan fingerprint density at radius 1 is 1.05 bits per heavy atom. The first-order valence-electron chi connectivity index (χ1n) is 7.98. The van der Waals surface area contributed by atoms with E-state index in [1.807, 2.05) is 6.92 Å². The molecule has 0 radical (unpaired) electrons. The summed E-state index contributed by atoms with van der Waals surface area (Å²) < 4.78 is 0. The molecule has 0 saturated carbocycles. The molecule has 0 atom stereocenters. The number of hydrogen-bond acceptors (Lipinski definition) is 5. The van der Waals surface area contributed by atoms with Crippen LogP contribution in [0.1, 0.15) is 38.1 Å². The molecule has 0 unspecified atom stereocenters. The number of nitrogens with one attached hydrogen (secondary N) is 1. The molecule has 0 spiro atoms. The second-order valence-corrected chi connectivity index (χ2v) is 5.73. The lowest BCUT2D eigenvalue weighted by Gasteiger charge is -2.25. The Labute approximate surface area is 129 Å². The monoisotopic (exact) mass is 293 g/mol. The first kappa shape index (κ1) is 17.7. The summed E-state index contributed by atoms with van der Waals surface area (Å²) in [5.41, 5.74) is 1.15. The molecule has 120 valence electrons. The van der Waals surface area contributed by atoms with Crippen LogP contribution in [0.3, 0.4) is 0 Å². The largest absolute Gasteiger partial charge is 0.370 e. The Hall–Kier alpha value is -1.36. The van der Waals surface area contributed by atoms with E-state index in [1.165, 1.54) is 0 Å². The average molecular weight is 293 g/mol. The number of anilines is 2. The maximum absolute atomic E-state index is 4.67. The molecule has 0 saturated heterocycles. The molecule has 1 heterocycles. The van der Waals surface area contributed by atoms with Gasteiger partial charge in [0.05, 0.1) is 0 Å². The molecule has 0 fully saturated rings. The van der Waals surface area contributed by atoms with Gasteiger partial charge in [0.15, 0.2) is 0 Å². The Bertz CT molecular complexity index is 431. The van der Waals surface area contributed by atoms with Gasteiger partial charge in [0.25, 0.3) is 0 Å². The van der Waals surface area contributed by atoms with E-state index in [9.17, 15) is 0 Å². The van der Waals surface area contributed by atoms with Crippen LogP contribution in [0.5, 0.6) is 0 Å². The molecule has 0 aromatic carbocycles. The lowest BCUT2D eigenvalue weighted by atomic mass is 10.2. The number of nitrogens with zero attached hydrogens (tertiary/aromatic N) is 4. The van der Waals surface area contributed by atoms with Gasteiger partial charge in [0.2, 0.25) is 0 Å². The molecule has 0 amide bonds. The maximum Gasteiger partial charge on any atom is 0.137 e. The van der Waals surface area contributed by atoms with Crippen molar-refractivity contribution in [3.8, 4) is 0 Å². The Kier molecular flexibility index (Phi) is 7.43. The fourth-order valence-corrected chi connectivity index (χ4v) is 2.33. The lowest BCUT2D eigenvalue weighted by molar-refractivity contribution is 0.400. The standard InChI is InChI=1S/C16H31N5/c1-7-10-17-15-13(3)16(19-14(4)18-15)21(8-2)12-9-11-20(5)6/h7-12H2,1-6H3,(H,17,18,19). The average Bonchev–Trinajstić information content (AvgIpc) is 2.44. The minimum Gasteiger partial charge on any atom is -0.370 e. The normalized spacial score (nSPS) is 11.0. The summed E-state index contributed by atoms with van der Waals surface area (Å²) in [6.45, 7) is 12.5. The summed E-state index contributed by atoms with van der Waals surface area (Å²) in [6, 6.07) is 0. The van der Waals surface area contributed by atoms with Crippen molar-refractivity contribution in [1.82, 2.24) is 14.9 Å². The van der Waals surface area contributed by atoms with Crippen LogP contribution >= 0.6 is 0 Å². The summed E-state index contributed by atoms with van der Waals surface area (Å²) in [6.07, 6.45) is 2.24. The van der Waals surface area contributed by atoms with Gasteiger partial charge in [0, 0.05) is 25.2 Å². The van der Waals surface area contributed by atoms with Crippen molar-refractivity contribution < 1.29 is 0 Å². The summed E-state index contributed by atoms with van der Waals surface area (Å²) in [5, 5.41) is 3.41. The molecule has 1 aromatic heterocycles. The van der Waals surface area contributed by atoms with Crippen molar-refractivity contribution in [2.24, 2.45) is 0 Å². The zero-order valence-electron chi connectivity index (χ0n) is 14.5. The van der Waals surface area contributed by atoms with Gasteiger partial charge in [-0.25, -0.2) is 9.97 Å². The van der Waals surface area contributed by atoms with E-state index in [1.54, 1.807) is 0 Å². The highest BCUT2D eigenvalue weighted by Crippen LogP contribution is 2.23. The van der Waals surface area contributed by atoms with Crippen LogP contribution < -0.4 is 10.2 Å². The summed E-state index contributed by atoms with van der Waals surface area (Å²) in [7, 11) is 4.23. The predicted molar refractivity (Wildman–Crippen MR) is 91.3 cm³/mol. The molecule has 1 N–H and O–H groups in total. The third-order valence-corrected chi connectivity index (χ3v) is 3.49. The highest BCUT2D eigenvalue weighted by molar-refractivity contribution is 5.58. The van der Waals surface area contributed by atoms with Crippen LogP contribution in [0, 0.1) is 13.8 Å². The van der Waals surface area contributed by atoms with Gasteiger partial charge in [-0.15, -0.1) is 0 Å². The predicted octanol–water partition coefficient (Wildman–Crippen LogP) is 2.69. The van der Waals surface area contributed by atoms with Gasteiger partial charge in [0.1, 0.15) is 17.5 Å². The minimum absolute atomic E-state index is 0.834. The van der Waals surface area contributed by atoms with Crippen molar-refractivity contribution >= 4 is 11.6 Å². The molecular formula is C16H31N5. The van der Waals surface area contributed by atoms with E-state index in [0.717, 1.165) is 62.0 Å². The molecule has 0 aliphatic rings. The fourth-order valence-electron chi connectivity index (χ4n) is 2.33. The van der Waals surface area contributed by atoms with Crippen molar-refractivity contribution in [1.29, 1.82) is 0 Å². The zero-order chi connectivity index (χ0) is 15.8. The SMILES string of the molecule is CCCNc1nc(C)nc(N(CC)CCCN(C)C)c1C. The molecule has 21 heavy (non-hydrogen) atoms. The molecule has 0 aliphatic heterocycles. The van der Waals surface area contributed by atoms with Crippen LogP contribution in [-0.4, -0.2) is 55.1 Å². The summed E-state index contributed by atoms with van der Waals surface area (Å²) >= 11 is 0. The second kappa shape index (κ2) is 8.82. The van der Waals surface area contributed by atoms with Crippen molar-refractivity contribution in [3.05, 3.63) is 11.4 Å². The van der Waals surface area contributed by atoms with Crippen molar-refractivity contribution in [3.63, 3.8) is 0 Å². The first-order valence-corrected chi connectivity index (χ1v) is 7.98. The molecule has 1 rings (SSSR count). The topological polar surface area (TPSA) is 44.3 Å². The Balaban J connectivity index is 2.89. The first-order chi connectivity index (χ1) is 9.99. The fraction of sp³-hybridized carbons (Fsp3) is 0.750. The summed E-state index contributed by atoms with van der Waals surface area (Å²) in [4.78, 5) is 13.8. The molecule has 0 bridgehead atoms. The number of aromatic nitrogens is 2. The van der Waals surface area contributed by atoms with E-state index in [0.29, 0.717) is 0 Å². The third kappa shape index (κ3) is 5.50. The molecule has 5 nitrogen and oxygen atoms in total. The van der Waals surface area contributed by atoms with E-state index < -0.39 is 0 Å². The number of rotatable bonds is 9. The molecule has 0 aliphatic carbocycles. The lowest BCUT2D eigenvalue weighted by Crippen LogP contribution is -2.29. The van der Waals surface area contributed by atoms with Crippen molar-refractivity contribution in [2.45, 2.75) is 40.5 Å². The van der Waals surface area contributed by atoms with Gasteiger partial charge in [-0.1, -0.05) is 6.92 Å². The maximum atomic E-state index is 4.67.